The van der Waals surface area contributed by atoms with Crippen molar-refractivity contribution < 1.29 is 4.79 Å². The van der Waals surface area contributed by atoms with Gasteiger partial charge in [0, 0.05) is 24.5 Å². The van der Waals surface area contributed by atoms with Gasteiger partial charge < -0.3 is 10.6 Å². The Morgan fingerprint density at radius 3 is 2.91 bits per heavy atom. The third kappa shape index (κ3) is 3.70. The average Bonchev–Trinajstić information content (AvgIpc) is 3.00. The smallest absolute Gasteiger partial charge is 0.261 e. The van der Waals surface area contributed by atoms with Crippen LogP contribution in [0.15, 0.2) is 6.07 Å². The molecule has 2 aromatic heterocycles. The van der Waals surface area contributed by atoms with E-state index in [9.17, 15) is 4.79 Å². The first kappa shape index (κ1) is 18.2. The lowest BCUT2D eigenvalue weighted by molar-refractivity contribution is 0.0930. The number of halogens is 1. The molecule has 1 aliphatic rings. The van der Waals surface area contributed by atoms with Crippen molar-refractivity contribution in [1.29, 1.82) is 0 Å². The van der Waals surface area contributed by atoms with Crippen molar-refractivity contribution >= 4 is 39.9 Å². The number of aryl methyl sites for hydroxylation is 1. The largest absolute Gasteiger partial charge is 0.349 e. The lowest BCUT2D eigenvalue weighted by atomic mass is 10.0. The number of amides is 1. The summed E-state index contributed by atoms with van der Waals surface area (Å²) in [5.74, 6) is 0.412. The number of piperidine rings is 1. The monoisotopic (exact) mass is 356 g/mol. The molecule has 0 spiro atoms. The predicted octanol–water partition coefficient (Wildman–Crippen LogP) is 3.05. The molecule has 23 heavy (non-hydrogen) atoms. The van der Waals surface area contributed by atoms with E-state index in [0.29, 0.717) is 12.0 Å². The maximum absolute atomic E-state index is 12.5. The molecule has 1 amide bonds. The molecular weight excluding hydrogens is 332 g/mol. The number of thiophene rings is 1. The van der Waals surface area contributed by atoms with Crippen LogP contribution in [0.1, 0.15) is 54.9 Å². The van der Waals surface area contributed by atoms with Gasteiger partial charge in [-0.15, -0.1) is 23.7 Å². The summed E-state index contributed by atoms with van der Waals surface area (Å²) >= 11 is 1.53. The molecule has 5 nitrogen and oxygen atoms in total. The summed E-state index contributed by atoms with van der Waals surface area (Å²) in [6, 6.07) is 2.75. The number of aromatic nitrogens is 2. The van der Waals surface area contributed by atoms with Gasteiger partial charge >= 0.3 is 0 Å². The number of fused-ring (bicyclic) bond motifs is 1. The Labute approximate surface area is 147 Å². The first-order chi connectivity index (χ1) is 10.5. The van der Waals surface area contributed by atoms with E-state index in [0.717, 1.165) is 40.2 Å². The summed E-state index contributed by atoms with van der Waals surface area (Å²) in [5, 5.41) is 12.3. The van der Waals surface area contributed by atoms with Gasteiger partial charge in [0.15, 0.2) is 0 Å². The lowest BCUT2D eigenvalue weighted by Crippen LogP contribution is -2.46. The van der Waals surface area contributed by atoms with Crippen LogP contribution in [0.25, 0.3) is 10.2 Å². The van der Waals surface area contributed by atoms with Crippen LogP contribution in [-0.4, -0.2) is 34.3 Å². The van der Waals surface area contributed by atoms with Crippen molar-refractivity contribution in [2.75, 3.05) is 6.54 Å². The Morgan fingerprint density at radius 2 is 2.26 bits per heavy atom. The minimum Gasteiger partial charge on any atom is -0.349 e. The van der Waals surface area contributed by atoms with Crippen LogP contribution >= 0.6 is 23.7 Å². The highest BCUT2D eigenvalue weighted by molar-refractivity contribution is 7.20. The molecule has 2 N–H and O–H groups in total. The fourth-order valence-corrected chi connectivity index (χ4v) is 4.11. The molecule has 128 valence electrons. The number of rotatable bonds is 3. The lowest BCUT2D eigenvalue weighted by Gasteiger charge is -2.28. The van der Waals surface area contributed by atoms with Gasteiger partial charge in [-0.1, -0.05) is 13.8 Å². The van der Waals surface area contributed by atoms with E-state index in [1.165, 1.54) is 11.3 Å². The third-order valence-electron chi connectivity index (χ3n) is 4.27. The molecule has 2 unspecified atom stereocenters. The first-order valence-corrected chi connectivity index (χ1v) is 8.78. The minimum absolute atomic E-state index is 0. The number of carbonyl (C=O) groups excluding carboxylic acids is 1. The number of nitrogens with zero attached hydrogens (tertiary/aromatic N) is 2. The molecular formula is C16H25ClN4OS. The average molecular weight is 357 g/mol. The van der Waals surface area contributed by atoms with Gasteiger partial charge in [0.25, 0.3) is 5.91 Å². The van der Waals surface area contributed by atoms with Gasteiger partial charge in [-0.05, 0) is 38.3 Å². The van der Waals surface area contributed by atoms with Crippen LogP contribution in [0, 0.1) is 0 Å². The molecule has 1 aliphatic heterocycles. The summed E-state index contributed by atoms with van der Waals surface area (Å²) in [4.78, 5) is 14.4. The fraction of sp³-hybridized carbons (Fsp3) is 0.625. The Balaban J connectivity index is 0.00000192. The fourth-order valence-electron chi connectivity index (χ4n) is 3.12. The van der Waals surface area contributed by atoms with Crippen molar-refractivity contribution in [1.82, 2.24) is 20.4 Å². The van der Waals surface area contributed by atoms with Gasteiger partial charge in [-0.25, -0.2) is 0 Å². The maximum atomic E-state index is 12.5. The van der Waals surface area contributed by atoms with E-state index in [2.05, 4.69) is 36.5 Å². The maximum Gasteiger partial charge on any atom is 0.261 e. The van der Waals surface area contributed by atoms with Gasteiger partial charge in [-0.3, -0.25) is 9.48 Å². The summed E-state index contributed by atoms with van der Waals surface area (Å²) < 4.78 is 1.89. The van der Waals surface area contributed by atoms with Gasteiger partial charge in [-0.2, -0.15) is 5.10 Å². The number of hydrogen-bond acceptors (Lipinski definition) is 4. The quantitative estimate of drug-likeness (QED) is 0.888. The highest BCUT2D eigenvalue weighted by atomic mass is 35.5. The molecule has 0 saturated carbocycles. The zero-order valence-electron chi connectivity index (χ0n) is 14.0. The van der Waals surface area contributed by atoms with E-state index in [1.54, 1.807) is 0 Å². The van der Waals surface area contributed by atoms with Crippen molar-refractivity contribution in [3.8, 4) is 0 Å². The Morgan fingerprint density at radius 1 is 1.52 bits per heavy atom. The van der Waals surface area contributed by atoms with Crippen molar-refractivity contribution in [2.24, 2.45) is 7.05 Å². The van der Waals surface area contributed by atoms with Crippen LogP contribution < -0.4 is 10.6 Å². The topological polar surface area (TPSA) is 59.0 Å². The van der Waals surface area contributed by atoms with E-state index in [4.69, 9.17) is 0 Å². The van der Waals surface area contributed by atoms with Crippen LogP contribution in [-0.2, 0) is 7.05 Å². The van der Waals surface area contributed by atoms with E-state index in [1.807, 2.05) is 17.8 Å². The van der Waals surface area contributed by atoms with Gasteiger partial charge in [0.2, 0.25) is 0 Å². The SMILES string of the molecule is CC1CC(NC(=O)c2cc3c(C(C)C)nn(C)c3s2)CCN1.Cl. The highest BCUT2D eigenvalue weighted by Crippen LogP contribution is 2.31. The standard InChI is InChI=1S/C16H24N4OS.ClH/c1-9(2)14-12-8-13(22-16(12)20(4)19-14)15(21)18-11-5-6-17-10(3)7-11;/h8-11,17H,5-7H2,1-4H3,(H,18,21);1H. The second kappa shape index (κ2) is 7.20. The van der Waals surface area contributed by atoms with Crippen molar-refractivity contribution in [3.05, 3.63) is 16.6 Å². The second-order valence-electron chi connectivity index (χ2n) is 6.54. The Bertz CT molecular complexity index is 694. The highest BCUT2D eigenvalue weighted by Gasteiger charge is 2.23. The molecule has 0 aromatic carbocycles. The van der Waals surface area contributed by atoms with Crippen LogP contribution in [0.2, 0.25) is 0 Å². The second-order valence-corrected chi connectivity index (χ2v) is 7.57. The zero-order chi connectivity index (χ0) is 15.9. The first-order valence-electron chi connectivity index (χ1n) is 7.96. The van der Waals surface area contributed by atoms with E-state index >= 15 is 0 Å². The van der Waals surface area contributed by atoms with Crippen LogP contribution in [0.5, 0.6) is 0 Å². The summed E-state index contributed by atoms with van der Waals surface area (Å²) in [5.41, 5.74) is 1.07. The van der Waals surface area contributed by atoms with Crippen LogP contribution in [0.3, 0.4) is 0 Å². The van der Waals surface area contributed by atoms with E-state index in [-0.39, 0.29) is 24.4 Å². The summed E-state index contributed by atoms with van der Waals surface area (Å²) in [6.45, 7) is 7.41. The molecule has 3 rings (SSSR count). The molecule has 0 bridgehead atoms. The van der Waals surface area contributed by atoms with Crippen molar-refractivity contribution in [2.45, 2.75) is 51.6 Å². The number of hydrogen-bond donors (Lipinski definition) is 2. The predicted molar refractivity (Wildman–Crippen MR) is 97.9 cm³/mol. The summed E-state index contributed by atoms with van der Waals surface area (Å²) in [6.07, 6.45) is 2.00. The van der Waals surface area contributed by atoms with Gasteiger partial charge in [0.05, 0.1) is 10.6 Å². The van der Waals surface area contributed by atoms with Crippen LogP contribution in [0.4, 0.5) is 0 Å². The van der Waals surface area contributed by atoms with Gasteiger partial charge in [0.1, 0.15) is 4.83 Å². The molecule has 1 fully saturated rings. The normalized spacial score (nSPS) is 21.4. The van der Waals surface area contributed by atoms with E-state index < -0.39 is 0 Å². The Kier molecular flexibility index (Phi) is 5.70. The molecule has 2 aromatic rings. The molecule has 3 heterocycles. The molecule has 1 saturated heterocycles. The zero-order valence-corrected chi connectivity index (χ0v) is 15.7. The molecule has 7 heteroatoms. The Hall–Kier alpha value is -1.11. The minimum atomic E-state index is 0. The molecule has 0 aliphatic carbocycles. The number of carbonyl (C=O) groups is 1. The van der Waals surface area contributed by atoms with Crippen molar-refractivity contribution in [3.63, 3.8) is 0 Å². The number of nitrogens with one attached hydrogen (secondary N) is 2. The molecule has 0 radical (unpaired) electrons. The summed E-state index contributed by atoms with van der Waals surface area (Å²) in [7, 11) is 1.95. The third-order valence-corrected chi connectivity index (χ3v) is 5.47. The molecule has 2 atom stereocenters.